The standard InChI is InChI=1S/C11H14N4O2/c1-4-17-11(16)9-7-8(2)15(13-9)10-5-6-12-14(10)3/h5-7H,4H2,1-3H3. The molecule has 0 saturated heterocycles. The van der Waals surface area contributed by atoms with Gasteiger partial charge in [0.25, 0.3) is 0 Å². The van der Waals surface area contributed by atoms with Crippen molar-refractivity contribution in [2.45, 2.75) is 13.8 Å². The first-order chi connectivity index (χ1) is 8.13. The Labute approximate surface area is 98.8 Å². The van der Waals surface area contributed by atoms with Crippen molar-refractivity contribution in [1.29, 1.82) is 0 Å². The highest BCUT2D eigenvalue weighted by atomic mass is 16.5. The Morgan fingerprint density at radius 2 is 2.29 bits per heavy atom. The average molecular weight is 234 g/mol. The summed E-state index contributed by atoms with van der Waals surface area (Å²) < 4.78 is 8.26. The molecule has 2 heterocycles. The van der Waals surface area contributed by atoms with E-state index in [9.17, 15) is 4.79 Å². The van der Waals surface area contributed by atoms with Crippen molar-refractivity contribution in [3.8, 4) is 5.82 Å². The Kier molecular flexibility index (Phi) is 2.95. The van der Waals surface area contributed by atoms with Crippen molar-refractivity contribution in [3.63, 3.8) is 0 Å². The highest BCUT2D eigenvalue weighted by molar-refractivity contribution is 5.87. The first-order valence-electron chi connectivity index (χ1n) is 5.35. The summed E-state index contributed by atoms with van der Waals surface area (Å²) in [6.45, 7) is 3.99. The second-order valence-electron chi connectivity index (χ2n) is 3.62. The largest absolute Gasteiger partial charge is 0.461 e. The lowest BCUT2D eigenvalue weighted by Crippen LogP contribution is -2.09. The molecular formula is C11H14N4O2. The van der Waals surface area contributed by atoms with Crippen LogP contribution in [-0.4, -0.2) is 32.1 Å². The zero-order valence-electron chi connectivity index (χ0n) is 10.0. The molecule has 0 saturated carbocycles. The van der Waals surface area contributed by atoms with E-state index in [0.29, 0.717) is 12.3 Å². The molecule has 2 aromatic heterocycles. The number of ether oxygens (including phenoxy) is 1. The van der Waals surface area contributed by atoms with Crippen molar-refractivity contribution in [2.24, 2.45) is 7.05 Å². The first kappa shape index (κ1) is 11.4. The highest BCUT2D eigenvalue weighted by Crippen LogP contribution is 2.11. The topological polar surface area (TPSA) is 61.9 Å². The van der Waals surface area contributed by atoms with Gasteiger partial charge in [0.15, 0.2) is 11.5 Å². The van der Waals surface area contributed by atoms with E-state index < -0.39 is 5.97 Å². The van der Waals surface area contributed by atoms with E-state index in [2.05, 4.69) is 10.2 Å². The summed E-state index contributed by atoms with van der Waals surface area (Å²) in [6.07, 6.45) is 1.68. The van der Waals surface area contributed by atoms with Gasteiger partial charge in [-0.1, -0.05) is 0 Å². The maximum absolute atomic E-state index is 11.5. The smallest absolute Gasteiger partial charge is 0.358 e. The van der Waals surface area contributed by atoms with Gasteiger partial charge in [-0.2, -0.15) is 10.2 Å². The minimum Gasteiger partial charge on any atom is -0.461 e. The van der Waals surface area contributed by atoms with Gasteiger partial charge in [0.1, 0.15) is 0 Å². The van der Waals surface area contributed by atoms with Crippen molar-refractivity contribution < 1.29 is 9.53 Å². The van der Waals surface area contributed by atoms with Crippen molar-refractivity contribution in [3.05, 3.63) is 29.7 Å². The Balaban J connectivity index is 2.38. The zero-order chi connectivity index (χ0) is 12.4. The van der Waals surface area contributed by atoms with Gasteiger partial charge >= 0.3 is 5.97 Å². The lowest BCUT2D eigenvalue weighted by Gasteiger charge is -2.03. The Bertz CT molecular complexity index is 541. The molecule has 17 heavy (non-hydrogen) atoms. The van der Waals surface area contributed by atoms with Crippen LogP contribution in [0.2, 0.25) is 0 Å². The van der Waals surface area contributed by atoms with E-state index in [1.165, 1.54) is 0 Å². The van der Waals surface area contributed by atoms with Gasteiger partial charge in [-0.3, -0.25) is 4.68 Å². The van der Waals surface area contributed by atoms with Crippen LogP contribution in [0.5, 0.6) is 0 Å². The fourth-order valence-corrected chi connectivity index (χ4v) is 1.59. The number of carbonyl (C=O) groups is 1. The van der Waals surface area contributed by atoms with Crippen molar-refractivity contribution in [2.75, 3.05) is 6.61 Å². The maximum Gasteiger partial charge on any atom is 0.358 e. The Morgan fingerprint density at radius 3 is 2.88 bits per heavy atom. The lowest BCUT2D eigenvalue weighted by molar-refractivity contribution is 0.0519. The number of esters is 1. The highest BCUT2D eigenvalue weighted by Gasteiger charge is 2.15. The first-order valence-corrected chi connectivity index (χ1v) is 5.35. The summed E-state index contributed by atoms with van der Waals surface area (Å²) in [5, 5.41) is 8.28. The predicted octanol–water partition coefficient (Wildman–Crippen LogP) is 1.09. The molecule has 0 aliphatic rings. The van der Waals surface area contributed by atoms with Gasteiger partial charge in [-0.05, 0) is 19.9 Å². The SMILES string of the molecule is CCOC(=O)c1cc(C)n(-c2ccnn2C)n1. The summed E-state index contributed by atoms with van der Waals surface area (Å²) in [5.74, 6) is 0.398. The number of aryl methyl sites for hydroxylation is 2. The minimum absolute atomic E-state index is 0.311. The molecule has 0 fully saturated rings. The van der Waals surface area contributed by atoms with E-state index in [-0.39, 0.29) is 0 Å². The molecule has 0 N–H and O–H groups in total. The molecule has 0 aliphatic heterocycles. The Morgan fingerprint density at radius 1 is 1.53 bits per heavy atom. The van der Waals surface area contributed by atoms with Gasteiger partial charge < -0.3 is 4.74 Å². The number of nitrogens with zero attached hydrogens (tertiary/aromatic N) is 4. The van der Waals surface area contributed by atoms with Crippen LogP contribution < -0.4 is 0 Å². The van der Waals surface area contributed by atoms with Gasteiger partial charge in [0.05, 0.1) is 12.8 Å². The average Bonchev–Trinajstić information content (AvgIpc) is 2.85. The molecule has 0 atom stereocenters. The number of carbonyl (C=O) groups excluding carboxylic acids is 1. The molecule has 2 aromatic rings. The van der Waals surface area contributed by atoms with Crippen LogP contribution in [0.4, 0.5) is 0 Å². The summed E-state index contributed by atoms with van der Waals surface area (Å²) in [4.78, 5) is 11.5. The van der Waals surface area contributed by atoms with Crippen molar-refractivity contribution >= 4 is 5.97 Å². The Hall–Kier alpha value is -2.11. The molecule has 90 valence electrons. The van der Waals surface area contributed by atoms with Crippen LogP contribution >= 0.6 is 0 Å². The van der Waals surface area contributed by atoms with Crippen LogP contribution in [-0.2, 0) is 11.8 Å². The number of aromatic nitrogens is 4. The third-order valence-corrected chi connectivity index (χ3v) is 2.38. The number of hydrogen-bond donors (Lipinski definition) is 0. The third-order valence-electron chi connectivity index (χ3n) is 2.38. The van der Waals surface area contributed by atoms with E-state index in [1.807, 2.05) is 20.0 Å². The molecule has 0 bridgehead atoms. The van der Waals surface area contributed by atoms with Gasteiger partial charge in [0, 0.05) is 18.8 Å². The number of hydrogen-bond acceptors (Lipinski definition) is 4. The zero-order valence-corrected chi connectivity index (χ0v) is 10.0. The molecule has 0 amide bonds. The summed E-state index contributed by atoms with van der Waals surface area (Å²) in [6, 6.07) is 3.53. The summed E-state index contributed by atoms with van der Waals surface area (Å²) in [7, 11) is 1.82. The summed E-state index contributed by atoms with van der Waals surface area (Å²) in [5.41, 5.74) is 1.17. The molecule has 0 aliphatic carbocycles. The van der Waals surface area contributed by atoms with E-state index in [0.717, 1.165) is 11.5 Å². The molecular weight excluding hydrogens is 220 g/mol. The maximum atomic E-state index is 11.5. The van der Waals surface area contributed by atoms with Gasteiger partial charge in [-0.15, -0.1) is 0 Å². The second-order valence-corrected chi connectivity index (χ2v) is 3.62. The monoisotopic (exact) mass is 234 g/mol. The normalized spacial score (nSPS) is 10.5. The van der Waals surface area contributed by atoms with Crippen LogP contribution in [0.1, 0.15) is 23.1 Å². The van der Waals surface area contributed by atoms with Crippen molar-refractivity contribution in [1.82, 2.24) is 19.6 Å². The molecule has 2 rings (SSSR count). The van der Waals surface area contributed by atoms with Crippen LogP contribution in [0.25, 0.3) is 5.82 Å². The van der Waals surface area contributed by atoms with Crippen LogP contribution in [0, 0.1) is 6.92 Å². The third kappa shape index (κ3) is 2.06. The van der Waals surface area contributed by atoms with E-state index in [1.54, 1.807) is 28.6 Å². The van der Waals surface area contributed by atoms with Gasteiger partial charge in [0.2, 0.25) is 0 Å². The van der Waals surface area contributed by atoms with E-state index >= 15 is 0 Å². The van der Waals surface area contributed by atoms with Crippen LogP contribution in [0.3, 0.4) is 0 Å². The fourth-order valence-electron chi connectivity index (χ4n) is 1.59. The predicted molar refractivity (Wildman–Crippen MR) is 61.0 cm³/mol. The minimum atomic E-state index is -0.406. The lowest BCUT2D eigenvalue weighted by atomic mass is 10.4. The summed E-state index contributed by atoms with van der Waals surface area (Å²) >= 11 is 0. The van der Waals surface area contributed by atoms with Gasteiger partial charge in [-0.25, -0.2) is 9.48 Å². The molecule has 0 aromatic carbocycles. The number of rotatable bonds is 3. The molecule has 0 radical (unpaired) electrons. The fraction of sp³-hybridized carbons (Fsp3) is 0.364. The molecule has 0 unspecified atom stereocenters. The molecule has 6 nitrogen and oxygen atoms in total. The molecule has 6 heteroatoms. The quantitative estimate of drug-likeness (QED) is 0.746. The second kappa shape index (κ2) is 4.40. The van der Waals surface area contributed by atoms with Crippen LogP contribution in [0.15, 0.2) is 18.3 Å². The molecule has 0 spiro atoms. The van der Waals surface area contributed by atoms with E-state index in [4.69, 9.17) is 4.74 Å².